The topological polar surface area (TPSA) is 58.2 Å². The summed E-state index contributed by atoms with van der Waals surface area (Å²) >= 11 is 6.10. The van der Waals surface area contributed by atoms with Gasteiger partial charge in [-0.15, -0.1) is 0 Å². The number of anilines is 1. The van der Waals surface area contributed by atoms with E-state index in [-0.39, 0.29) is 23.7 Å². The first-order valence-corrected chi connectivity index (χ1v) is 9.60. The Morgan fingerprint density at radius 2 is 1.72 bits per heavy atom. The van der Waals surface area contributed by atoms with Gasteiger partial charge in [0.05, 0.1) is 0 Å². The first kappa shape index (κ1) is 19.8. The molecule has 2 amide bonds. The minimum absolute atomic E-state index is 0.0295. The van der Waals surface area contributed by atoms with Crippen LogP contribution in [0.2, 0.25) is 5.02 Å². The Bertz CT molecular complexity index is 608. The van der Waals surface area contributed by atoms with Crippen molar-refractivity contribution in [2.24, 2.45) is 17.8 Å². The number of hydrogen-bond donors (Lipinski definition) is 2. The molecule has 4 nitrogen and oxygen atoms in total. The van der Waals surface area contributed by atoms with Crippen LogP contribution in [-0.2, 0) is 9.59 Å². The van der Waals surface area contributed by atoms with Crippen molar-refractivity contribution < 1.29 is 9.59 Å². The molecule has 0 spiro atoms. The van der Waals surface area contributed by atoms with Crippen molar-refractivity contribution >= 4 is 29.1 Å². The number of hydrogen-bond acceptors (Lipinski definition) is 2. The number of rotatable bonds is 6. The van der Waals surface area contributed by atoms with Crippen LogP contribution in [0, 0.1) is 24.7 Å². The average molecular weight is 365 g/mol. The molecule has 1 saturated carbocycles. The van der Waals surface area contributed by atoms with Crippen LogP contribution in [0.15, 0.2) is 18.2 Å². The van der Waals surface area contributed by atoms with E-state index in [2.05, 4.69) is 24.5 Å². The van der Waals surface area contributed by atoms with E-state index < -0.39 is 0 Å². The van der Waals surface area contributed by atoms with Crippen LogP contribution >= 0.6 is 11.6 Å². The molecule has 0 heterocycles. The Kier molecular flexibility index (Phi) is 7.30. The van der Waals surface area contributed by atoms with Gasteiger partial charge in [0.2, 0.25) is 11.8 Å². The van der Waals surface area contributed by atoms with E-state index in [4.69, 9.17) is 11.6 Å². The van der Waals surface area contributed by atoms with Gasteiger partial charge in [0.25, 0.3) is 0 Å². The predicted molar refractivity (Wildman–Crippen MR) is 103 cm³/mol. The van der Waals surface area contributed by atoms with Gasteiger partial charge < -0.3 is 10.6 Å². The molecule has 0 unspecified atom stereocenters. The molecule has 0 radical (unpaired) electrons. The number of carbonyl (C=O) groups excluding carboxylic acids is 2. The molecule has 0 aliphatic heterocycles. The van der Waals surface area contributed by atoms with Crippen molar-refractivity contribution in [2.75, 3.05) is 11.9 Å². The van der Waals surface area contributed by atoms with Crippen molar-refractivity contribution in [1.82, 2.24) is 5.32 Å². The standard InChI is InChI=1S/C20H29ClN2O2/c1-13(2)11-12-22-19(24)15-7-9-16(10-8-15)20(25)23-18-6-4-5-17(21)14(18)3/h4-6,13,15-16H,7-12H2,1-3H3,(H,22,24)(H,23,25). The second-order valence-corrected chi connectivity index (χ2v) is 7.83. The summed E-state index contributed by atoms with van der Waals surface area (Å²) in [6.07, 6.45) is 4.07. The lowest BCUT2D eigenvalue weighted by Crippen LogP contribution is -2.36. The minimum atomic E-state index is -0.0295. The molecule has 1 aliphatic carbocycles. The maximum absolute atomic E-state index is 12.5. The lowest BCUT2D eigenvalue weighted by molar-refractivity contribution is -0.128. The summed E-state index contributed by atoms with van der Waals surface area (Å²) in [5.41, 5.74) is 1.65. The number of benzene rings is 1. The Morgan fingerprint density at radius 1 is 1.12 bits per heavy atom. The summed E-state index contributed by atoms with van der Waals surface area (Å²) < 4.78 is 0. The quantitative estimate of drug-likeness (QED) is 0.777. The zero-order valence-electron chi connectivity index (χ0n) is 15.4. The van der Waals surface area contributed by atoms with E-state index in [1.807, 2.05) is 25.1 Å². The summed E-state index contributed by atoms with van der Waals surface area (Å²) in [7, 11) is 0. The van der Waals surface area contributed by atoms with Crippen LogP contribution in [-0.4, -0.2) is 18.4 Å². The Hall–Kier alpha value is -1.55. The second kappa shape index (κ2) is 9.23. The van der Waals surface area contributed by atoms with E-state index >= 15 is 0 Å². The Balaban J connectivity index is 1.80. The molecule has 0 atom stereocenters. The van der Waals surface area contributed by atoms with Crippen LogP contribution in [0.1, 0.15) is 51.5 Å². The first-order valence-electron chi connectivity index (χ1n) is 9.22. The van der Waals surface area contributed by atoms with Gasteiger partial charge in [0.1, 0.15) is 0 Å². The van der Waals surface area contributed by atoms with Gasteiger partial charge in [-0.05, 0) is 62.6 Å². The molecule has 2 rings (SSSR count). The van der Waals surface area contributed by atoms with Crippen LogP contribution in [0.4, 0.5) is 5.69 Å². The number of carbonyl (C=O) groups is 2. The van der Waals surface area contributed by atoms with Gasteiger partial charge >= 0.3 is 0 Å². The normalized spacial score (nSPS) is 20.4. The third-order valence-corrected chi connectivity index (χ3v) is 5.42. The number of nitrogens with one attached hydrogen (secondary N) is 2. The summed E-state index contributed by atoms with van der Waals surface area (Å²) in [4.78, 5) is 24.7. The van der Waals surface area contributed by atoms with Gasteiger partial charge in [-0.2, -0.15) is 0 Å². The summed E-state index contributed by atoms with van der Waals surface area (Å²) in [6.45, 7) is 6.94. The van der Waals surface area contributed by atoms with Crippen LogP contribution in [0.25, 0.3) is 0 Å². The highest BCUT2D eigenvalue weighted by molar-refractivity contribution is 6.31. The lowest BCUT2D eigenvalue weighted by Gasteiger charge is -2.27. The fourth-order valence-corrected chi connectivity index (χ4v) is 3.40. The van der Waals surface area contributed by atoms with Gasteiger partial charge in [-0.1, -0.05) is 31.5 Å². The molecule has 25 heavy (non-hydrogen) atoms. The molecular weight excluding hydrogens is 336 g/mol. The Morgan fingerprint density at radius 3 is 2.32 bits per heavy atom. The van der Waals surface area contributed by atoms with E-state index in [1.54, 1.807) is 0 Å². The molecule has 1 aliphatic rings. The molecule has 1 aromatic carbocycles. The highest BCUT2D eigenvalue weighted by Crippen LogP contribution is 2.31. The summed E-state index contributed by atoms with van der Waals surface area (Å²) in [5, 5.41) is 6.67. The largest absolute Gasteiger partial charge is 0.356 e. The molecule has 0 aromatic heterocycles. The SMILES string of the molecule is Cc1c(Cl)cccc1NC(=O)C1CCC(C(=O)NCCC(C)C)CC1. The summed E-state index contributed by atoms with van der Waals surface area (Å²) in [6, 6.07) is 5.52. The van der Waals surface area contributed by atoms with Crippen LogP contribution in [0.3, 0.4) is 0 Å². The van der Waals surface area contributed by atoms with Gasteiger partial charge in [0, 0.05) is 29.1 Å². The van der Waals surface area contributed by atoms with Crippen LogP contribution < -0.4 is 10.6 Å². The van der Waals surface area contributed by atoms with E-state index in [0.717, 1.165) is 49.9 Å². The van der Waals surface area contributed by atoms with Gasteiger partial charge in [-0.3, -0.25) is 9.59 Å². The van der Waals surface area contributed by atoms with Gasteiger partial charge in [0.15, 0.2) is 0 Å². The third kappa shape index (κ3) is 5.74. The molecule has 1 fully saturated rings. The molecule has 138 valence electrons. The highest BCUT2D eigenvalue weighted by Gasteiger charge is 2.30. The smallest absolute Gasteiger partial charge is 0.227 e. The summed E-state index contributed by atoms with van der Waals surface area (Å²) in [5.74, 6) is 0.783. The predicted octanol–water partition coefficient (Wildman–Crippen LogP) is 4.56. The van der Waals surface area contributed by atoms with Crippen molar-refractivity contribution in [3.05, 3.63) is 28.8 Å². The van der Waals surface area contributed by atoms with Crippen molar-refractivity contribution in [3.8, 4) is 0 Å². The fraction of sp³-hybridized carbons (Fsp3) is 0.600. The maximum atomic E-state index is 12.5. The first-order chi connectivity index (χ1) is 11.9. The molecule has 0 saturated heterocycles. The fourth-order valence-electron chi connectivity index (χ4n) is 3.22. The minimum Gasteiger partial charge on any atom is -0.356 e. The zero-order valence-corrected chi connectivity index (χ0v) is 16.2. The van der Waals surface area contributed by atoms with Crippen molar-refractivity contribution in [1.29, 1.82) is 0 Å². The molecule has 5 heteroatoms. The number of halogens is 1. The molecule has 1 aromatic rings. The monoisotopic (exact) mass is 364 g/mol. The Labute approximate surface area is 155 Å². The molecular formula is C20H29ClN2O2. The zero-order chi connectivity index (χ0) is 18.4. The number of amides is 2. The molecule has 0 bridgehead atoms. The van der Waals surface area contributed by atoms with Gasteiger partial charge in [-0.25, -0.2) is 0 Å². The van der Waals surface area contributed by atoms with E-state index in [1.165, 1.54) is 0 Å². The van der Waals surface area contributed by atoms with E-state index in [0.29, 0.717) is 10.9 Å². The lowest BCUT2D eigenvalue weighted by atomic mass is 9.81. The van der Waals surface area contributed by atoms with Crippen LogP contribution in [0.5, 0.6) is 0 Å². The van der Waals surface area contributed by atoms with Crippen molar-refractivity contribution in [2.45, 2.75) is 52.9 Å². The molecule has 2 N–H and O–H groups in total. The highest BCUT2D eigenvalue weighted by atomic mass is 35.5. The maximum Gasteiger partial charge on any atom is 0.227 e. The van der Waals surface area contributed by atoms with E-state index in [9.17, 15) is 9.59 Å². The van der Waals surface area contributed by atoms with Crippen molar-refractivity contribution in [3.63, 3.8) is 0 Å². The third-order valence-electron chi connectivity index (χ3n) is 5.02. The average Bonchev–Trinajstić information content (AvgIpc) is 2.58. The second-order valence-electron chi connectivity index (χ2n) is 7.42.